The number of carboxylic acid groups (broad SMARTS) is 1. The first-order chi connectivity index (χ1) is 8.04. The van der Waals surface area contributed by atoms with E-state index in [0.717, 1.165) is 0 Å². The van der Waals surface area contributed by atoms with Gasteiger partial charge in [0.15, 0.2) is 0 Å². The maximum Gasteiger partial charge on any atom is 0.309 e. The highest BCUT2D eigenvalue weighted by molar-refractivity contribution is 5.76. The summed E-state index contributed by atoms with van der Waals surface area (Å²) in [5, 5.41) is 14.9. The fraction of sp³-hybridized carbons (Fsp3) is 0.846. The van der Waals surface area contributed by atoms with Gasteiger partial charge in [-0.25, -0.2) is 0 Å². The molecule has 0 saturated carbocycles. The van der Waals surface area contributed by atoms with Gasteiger partial charge in [0.05, 0.1) is 5.41 Å². The standard InChI is InChI=1S/C13H26N2O3/c1-12(2,3)15-8-6-10(16)14-9-7-13(4,5)11(17)18/h15H,6-9H2,1-5H3,(H,14,16)(H,17,18). The predicted octanol–water partition coefficient (Wildman–Crippen LogP) is 1.38. The Kier molecular flexibility index (Phi) is 6.32. The molecule has 0 aromatic rings. The minimum absolute atomic E-state index is 0.00553. The van der Waals surface area contributed by atoms with Gasteiger partial charge in [0, 0.05) is 25.0 Å². The van der Waals surface area contributed by atoms with Crippen LogP contribution in [0.15, 0.2) is 0 Å². The number of rotatable bonds is 7. The Balaban J connectivity index is 3.76. The fourth-order valence-electron chi connectivity index (χ4n) is 1.26. The fourth-order valence-corrected chi connectivity index (χ4v) is 1.26. The second-order valence-electron chi connectivity index (χ2n) is 6.22. The molecule has 0 unspecified atom stereocenters. The van der Waals surface area contributed by atoms with Gasteiger partial charge in [-0.2, -0.15) is 0 Å². The normalized spacial score (nSPS) is 12.3. The quantitative estimate of drug-likeness (QED) is 0.644. The molecule has 0 atom stereocenters. The Labute approximate surface area is 109 Å². The molecule has 5 nitrogen and oxygen atoms in total. The Hall–Kier alpha value is -1.10. The topological polar surface area (TPSA) is 78.4 Å². The van der Waals surface area contributed by atoms with Gasteiger partial charge in [-0.15, -0.1) is 0 Å². The van der Waals surface area contributed by atoms with E-state index in [1.54, 1.807) is 13.8 Å². The van der Waals surface area contributed by atoms with Crippen molar-refractivity contribution in [2.45, 2.75) is 53.0 Å². The van der Waals surface area contributed by atoms with Crippen LogP contribution in [0, 0.1) is 5.41 Å². The molecule has 0 rings (SSSR count). The van der Waals surface area contributed by atoms with Crippen molar-refractivity contribution in [1.29, 1.82) is 0 Å². The van der Waals surface area contributed by atoms with E-state index in [2.05, 4.69) is 10.6 Å². The summed E-state index contributed by atoms with van der Waals surface area (Å²) in [6, 6.07) is 0. The number of nitrogens with one attached hydrogen (secondary N) is 2. The average molecular weight is 258 g/mol. The molecule has 0 aromatic heterocycles. The van der Waals surface area contributed by atoms with Crippen LogP contribution in [0.1, 0.15) is 47.5 Å². The van der Waals surface area contributed by atoms with Crippen molar-refractivity contribution in [3.05, 3.63) is 0 Å². The van der Waals surface area contributed by atoms with Gasteiger partial charge < -0.3 is 15.7 Å². The molecule has 106 valence electrons. The second kappa shape index (κ2) is 6.73. The first kappa shape index (κ1) is 16.9. The molecule has 1 amide bonds. The van der Waals surface area contributed by atoms with Crippen LogP contribution in [0.2, 0.25) is 0 Å². The summed E-state index contributed by atoms with van der Waals surface area (Å²) >= 11 is 0. The van der Waals surface area contributed by atoms with Gasteiger partial charge in [-0.05, 0) is 41.0 Å². The third-order valence-electron chi connectivity index (χ3n) is 2.66. The number of hydrogen-bond acceptors (Lipinski definition) is 3. The molecule has 0 aliphatic rings. The van der Waals surface area contributed by atoms with Gasteiger partial charge in [0.1, 0.15) is 0 Å². The van der Waals surface area contributed by atoms with Crippen LogP contribution in [0.25, 0.3) is 0 Å². The van der Waals surface area contributed by atoms with E-state index in [4.69, 9.17) is 5.11 Å². The predicted molar refractivity (Wildman–Crippen MR) is 71.4 cm³/mol. The molecule has 0 aromatic carbocycles. The largest absolute Gasteiger partial charge is 0.481 e. The Bertz CT molecular complexity index is 293. The summed E-state index contributed by atoms with van der Waals surface area (Å²) in [7, 11) is 0. The minimum Gasteiger partial charge on any atom is -0.481 e. The molecule has 0 saturated heterocycles. The van der Waals surface area contributed by atoms with E-state index in [1.807, 2.05) is 20.8 Å². The van der Waals surface area contributed by atoms with Gasteiger partial charge in [0.2, 0.25) is 5.91 Å². The Morgan fingerprint density at radius 2 is 1.61 bits per heavy atom. The van der Waals surface area contributed by atoms with Crippen molar-refractivity contribution >= 4 is 11.9 Å². The summed E-state index contributed by atoms with van der Waals surface area (Å²) in [5.41, 5.74) is -0.789. The molecule has 3 N–H and O–H groups in total. The van der Waals surface area contributed by atoms with Crippen molar-refractivity contribution in [2.24, 2.45) is 5.41 Å². The van der Waals surface area contributed by atoms with Crippen LogP contribution in [-0.2, 0) is 9.59 Å². The number of carbonyl (C=O) groups is 2. The van der Waals surface area contributed by atoms with Crippen LogP contribution >= 0.6 is 0 Å². The van der Waals surface area contributed by atoms with Crippen LogP contribution in [0.4, 0.5) is 0 Å². The lowest BCUT2D eigenvalue weighted by atomic mass is 9.90. The third kappa shape index (κ3) is 8.06. The smallest absolute Gasteiger partial charge is 0.309 e. The van der Waals surface area contributed by atoms with Crippen LogP contribution in [0.3, 0.4) is 0 Å². The molecule has 0 spiro atoms. The van der Waals surface area contributed by atoms with Crippen molar-refractivity contribution in [3.8, 4) is 0 Å². The number of amides is 1. The molecule has 0 fully saturated rings. The highest BCUT2D eigenvalue weighted by Gasteiger charge is 2.26. The first-order valence-electron chi connectivity index (χ1n) is 6.30. The molecule has 0 bridgehead atoms. The van der Waals surface area contributed by atoms with Gasteiger partial charge in [-0.1, -0.05) is 0 Å². The lowest BCUT2D eigenvalue weighted by Crippen LogP contribution is -2.39. The minimum atomic E-state index is -0.842. The van der Waals surface area contributed by atoms with E-state index in [0.29, 0.717) is 25.9 Å². The maximum absolute atomic E-state index is 11.5. The zero-order chi connectivity index (χ0) is 14.4. The van der Waals surface area contributed by atoms with Gasteiger partial charge >= 0.3 is 5.97 Å². The van der Waals surface area contributed by atoms with Crippen LogP contribution in [-0.4, -0.2) is 35.6 Å². The zero-order valence-electron chi connectivity index (χ0n) is 12.1. The van der Waals surface area contributed by atoms with E-state index in [1.165, 1.54) is 0 Å². The monoisotopic (exact) mass is 258 g/mol. The molecule has 18 heavy (non-hydrogen) atoms. The van der Waals surface area contributed by atoms with E-state index in [-0.39, 0.29) is 11.4 Å². The number of aliphatic carboxylic acids is 1. The molecular formula is C13H26N2O3. The lowest BCUT2D eigenvalue weighted by molar-refractivity contribution is -0.147. The van der Waals surface area contributed by atoms with Crippen molar-refractivity contribution in [3.63, 3.8) is 0 Å². The number of carbonyl (C=O) groups excluding carboxylic acids is 1. The average Bonchev–Trinajstić information content (AvgIpc) is 2.14. The zero-order valence-corrected chi connectivity index (χ0v) is 12.1. The number of hydrogen-bond donors (Lipinski definition) is 3. The molecule has 0 aliphatic carbocycles. The summed E-state index contributed by atoms with van der Waals surface area (Å²) in [4.78, 5) is 22.3. The molecular weight excluding hydrogens is 232 g/mol. The molecule has 0 heterocycles. The van der Waals surface area contributed by atoms with E-state index in [9.17, 15) is 9.59 Å². The van der Waals surface area contributed by atoms with E-state index < -0.39 is 11.4 Å². The molecule has 0 radical (unpaired) electrons. The van der Waals surface area contributed by atoms with E-state index >= 15 is 0 Å². The van der Waals surface area contributed by atoms with Crippen molar-refractivity contribution in [2.75, 3.05) is 13.1 Å². The summed E-state index contributed by atoms with van der Waals surface area (Å²) in [6.07, 6.45) is 0.839. The van der Waals surface area contributed by atoms with Gasteiger partial charge in [-0.3, -0.25) is 9.59 Å². The Morgan fingerprint density at radius 3 is 2.06 bits per heavy atom. The lowest BCUT2D eigenvalue weighted by Gasteiger charge is -2.21. The van der Waals surface area contributed by atoms with Crippen LogP contribution < -0.4 is 10.6 Å². The van der Waals surface area contributed by atoms with Crippen molar-refractivity contribution < 1.29 is 14.7 Å². The summed E-state index contributed by atoms with van der Waals surface area (Å²) < 4.78 is 0. The molecule has 0 aliphatic heterocycles. The SMILES string of the molecule is CC(C)(C)NCCC(=O)NCCC(C)(C)C(=O)O. The number of carboxylic acids is 1. The third-order valence-corrected chi connectivity index (χ3v) is 2.66. The van der Waals surface area contributed by atoms with Crippen molar-refractivity contribution in [1.82, 2.24) is 10.6 Å². The van der Waals surface area contributed by atoms with Crippen LogP contribution in [0.5, 0.6) is 0 Å². The Morgan fingerprint density at radius 1 is 1.06 bits per heavy atom. The highest BCUT2D eigenvalue weighted by Crippen LogP contribution is 2.19. The second-order valence-corrected chi connectivity index (χ2v) is 6.22. The summed E-state index contributed by atoms with van der Waals surface area (Å²) in [5.74, 6) is -0.890. The maximum atomic E-state index is 11.5. The highest BCUT2D eigenvalue weighted by atomic mass is 16.4. The van der Waals surface area contributed by atoms with Gasteiger partial charge in [0.25, 0.3) is 0 Å². The first-order valence-corrected chi connectivity index (χ1v) is 6.30. The molecule has 5 heteroatoms. The summed E-state index contributed by atoms with van der Waals surface area (Å²) in [6.45, 7) is 10.5.